The van der Waals surface area contributed by atoms with Crippen LogP contribution in [0.3, 0.4) is 0 Å². The number of aromatic nitrogens is 3. The molecule has 102 valence electrons. The van der Waals surface area contributed by atoms with Crippen molar-refractivity contribution in [2.45, 2.75) is 20.4 Å². The van der Waals surface area contributed by atoms with Gasteiger partial charge in [-0.2, -0.15) is 0 Å². The average Bonchev–Trinajstić information content (AvgIpc) is 2.80. The molecule has 1 N–H and O–H groups in total. The highest BCUT2D eigenvalue weighted by Crippen LogP contribution is 2.24. The predicted molar refractivity (Wildman–Crippen MR) is 75.1 cm³/mol. The number of anilines is 1. The van der Waals surface area contributed by atoms with E-state index >= 15 is 0 Å². The molecule has 0 aliphatic carbocycles. The quantitative estimate of drug-likeness (QED) is 0.867. The lowest BCUT2D eigenvalue weighted by Gasteiger charge is -2.14. The van der Waals surface area contributed by atoms with Gasteiger partial charge in [-0.1, -0.05) is 31.2 Å². The molecule has 0 atom stereocenters. The fraction of sp³-hybridized carbons (Fsp3) is 0.429. The summed E-state index contributed by atoms with van der Waals surface area (Å²) in [4.78, 5) is 0. The first kappa shape index (κ1) is 13.4. The maximum absolute atomic E-state index is 5.80. The second-order valence-corrected chi connectivity index (χ2v) is 4.90. The first-order chi connectivity index (χ1) is 9.16. The molecule has 19 heavy (non-hydrogen) atoms. The van der Waals surface area contributed by atoms with Gasteiger partial charge in [-0.3, -0.25) is 4.68 Å². The highest BCUT2D eigenvalue weighted by Gasteiger charge is 2.05. The van der Waals surface area contributed by atoms with E-state index in [9.17, 15) is 0 Å². The molecular formula is C14H20N4O. The number of ether oxygens (including phenoxy) is 1. The molecule has 0 spiro atoms. The zero-order valence-corrected chi connectivity index (χ0v) is 11.6. The molecule has 0 radical (unpaired) electrons. The van der Waals surface area contributed by atoms with Crippen LogP contribution in [-0.4, -0.2) is 21.6 Å². The Balaban J connectivity index is 2.01. The van der Waals surface area contributed by atoms with Gasteiger partial charge in [0, 0.05) is 7.05 Å². The Hall–Kier alpha value is -2.04. The third-order valence-corrected chi connectivity index (χ3v) is 2.73. The minimum Gasteiger partial charge on any atom is -0.491 e. The molecule has 5 heteroatoms. The van der Waals surface area contributed by atoms with Crippen molar-refractivity contribution in [3.63, 3.8) is 0 Å². The Bertz CT molecular complexity index is 522. The first-order valence-electron chi connectivity index (χ1n) is 6.46. The molecule has 0 aliphatic heterocycles. The molecule has 2 rings (SSSR count). The summed E-state index contributed by atoms with van der Waals surface area (Å²) in [5, 5.41) is 11.1. The van der Waals surface area contributed by atoms with E-state index in [1.165, 1.54) is 0 Å². The highest BCUT2D eigenvalue weighted by atomic mass is 16.5. The zero-order chi connectivity index (χ0) is 13.7. The van der Waals surface area contributed by atoms with Gasteiger partial charge in [-0.05, 0) is 18.1 Å². The molecule has 0 amide bonds. The zero-order valence-electron chi connectivity index (χ0n) is 11.6. The average molecular weight is 260 g/mol. The van der Waals surface area contributed by atoms with E-state index in [0.717, 1.165) is 17.1 Å². The number of para-hydroxylation sites is 2. The molecule has 2 aromatic rings. The molecule has 1 aromatic carbocycles. The molecule has 1 aromatic heterocycles. The largest absolute Gasteiger partial charge is 0.491 e. The minimum atomic E-state index is 0.509. The Morgan fingerprint density at radius 1 is 1.32 bits per heavy atom. The lowest BCUT2D eigenvalue weighted by molar-refractivity contribution is 0.272. The van der Waals surface area contributed by atoms with Crippen LogP contribution in [0.5, 0.6) is 5.75 Å². The lowest BCUT2D eigenvalue weighted by atomic mass is 10.2. The van der Waals surface area contributed by atoms with Gasteiger partial charge >= 0.3 is 0 Å². The Labute approximate surface area is 113 Å². The molecule has 0 saturated carbocycles. The topological polar surface area (TPSA) is 52.0 Å². The molecule has 5 nitrogen and oxygen atoms in total. The summed E-state index contributed by atoms with van der Waals surface area (Å²) >= 11 is 0. The van der Waals surface area contributed by atoms with E-state index in [0.29, 0.717) is 19.1 Å². The van der Waals surface area contributed by atoms with Crippen molar-refractivity contribution in [1.29, 1.82) is 0 Å². The van der Waals surface area contributed by atoms with Crippen LogP contribution in [0.1, 0.15) is 19.5 Å². The third kappa shape index (κ3) is 3.71. The van der Waals surface area contributed by atoms with Crippen LogP contribution in [0.4, 0.5) is 5.69 Å². The van der Waals surface area contributed by atoms with Crippen LogP contribution in [0, 0.1) is 5.92 Å². The van der Waals surface area contributed by atoms with Gasteiger partial charge in [0.05, 0.1) is 30.7 Å². The van der Waals surface area contributed by atoms with Gasteiger partial charge in [0.25, 0.3) is 0 Å². The molecular weight excluding hydrogens is 240 g/mol. The normalized spacial score (nSPS) is 10.7. The molecule has 0 bridgehead atoms. The number of nitrogens with zero attached hydrogens (tertiary/aromatic N) is 3. The lowest BCUT2D eigenvalue weighted by Crippen LogP contribution is -2.09. The van der Waals surface area contributed by atoms with Crippen LogP contribution >= 0.6 is 0 Å². The van der Waals surface area contributed by atoms with Crippen molar-refractivity contribution in [2.24, 2.45) is 13.0 Å². The Morgan fingerprint density at radius 3 is 2.79 bits per heavy atom. The van der Waals surface area contributed by atoms with E-state index in [-0.39, 0.29) is 0 Å². The Kier molecular flexibility index (Phi) is 4.39. The van der Waals surface area contributed by atoms with Gasteiger partial charge in [0.15, 0.2) is 0 Å². The van der Waals surface area contributed by atoms with E-state index in [4.69, 9.17) is 4.74 Å². The van der Waals surface area contributed by atoms with Crippen molar-refractivity contribution < 1.29 is 4.74 Å². The number of hydrogen-bond donors (Lipinski definition) is 1. The molecule has 0 fully saturated rings. The van der Waals surface area contributed by atoms with Crippen LogP contribution < -0.4 is 10.1 Å². The van der Waals surface area contributed by atoms with E-state index in [1.54, 1.807) is 10.9 Å². The van der Waals surface area contributed by atoms with Gasteiger partial charge < -0.3 is 10.1 Å². The van der Waals surface area contributed by atoms with E-state index in [2.05, 4.69) is 29.5 Å². The SMILES string of the molecule is CC(C)COc1ccccc1NCc1cnnn1C. The maximum Gasteiger partial charge on any atom is 0.142 e. The summed E-state index contributed by atoms with van der Waals surface area (Å²) in [6, 6.07) is 7.96. The van der Waals surface area contributed by atoms with Crippen LogP contribution in [-0.2, 0) is 13.6 Å². The smallest absolute Gasteiger partial charge is 0.142 e. The minimum absolute atomic E-state index is 0.509. The van der Waals surface area contributed by atoms with Gasteiger partial charge in [-0.25, -0.2) is 0 Å². The van der Waals surface area contributed by atoms with Crippen LogP contribution in [0.2, 0.25) is 0 Å². The van der Waals surface area contributed by atoms with E-state index in [1.807, 2.05) is 31.3 Å². The molecule has 1 heterocycles. The van der Waals surface area contributed by atoms with Crippen molar-refractivity contribution in [3.05, 3.63) is 36.2 Å². The van der Waals surface area contributed by atoms with Gasteiger partial charge in [-0.15, -0.1) is 5.10 Å². The van der Waals surface area contributed by atoms with Gasteiger partial charge in [0.1, 0.15) is 5.75 Å². The van der Waals surface area contributed by atoms with Gasteiger partial charge in [0.2, 0.25) is 0 Å². The van der Waals surface area contributed by atoms with Crippen molar-refractivity contribution >= 4 is 5.69 Å². The van der Waals surface area contributed by atoms with Crippen molar-refractivity contribution in [3.8, 4) is 5.75 Å². The molecule has 0 saturated heterocycles. The van der Waals surface area contributed by atoms with Crippen LogP contribution in [0.15, 0.2) is 30.5 Å². The second-order valence-electron chi connectivity index (χ2n) is 4.90. The Morgan fingerprint density at radius 2 is 2.11 bits per heavy atom. The second kappa shape index (κ2) is 6.22. The van der Waals surface area contributed by atoms with Crippen molar-refractivity contribution in [2.75, 3.05) is 11.9 Å². The summed E-state index contributed by atoms with van der Waals surface area (Å²) < 4.78 is 7.55. The fourth-order valence-electron chi connectivity index (χ4n) is 1.65. The molecule has 0 aliphatic rings. The summed E-state index contributed by atoms with van der Waals surface area (Å²) in [5.74, 6) is 1.39. The molecule has 0 unspecified atom stereocenters. The monoisotopic (exact) mass is 260 g/mol. The predicted octanol–water partition coefficient (Wildman–Crippen LogP) is 2.46. The highest BCUT2D eigenvalue weighted by molar-refractivity contribution is 5.56. The van der Waals surface area contributed by atoms with Crippen molar-refractivity contribution in [1.82, 2.24) is 15.0 Å². The number of aryl methyl sites for hydroxylation is 1. The number of hydrogen-bond acceptors (Lipinski definition) is 4. The number of nitrogens with one attached hydrogen (secondary N) is 1. The number of rotatable bonds is 6. The standard InChI is InChI=1S/C14H20N4O/c1-11(2)10-19-14-7-5-4-6-13(14)15-8-12-9-16-17-18(12)3/h4-7,9,11,15H,8,10H2,1-3H3. The number of benzene rings is 1. The summed E-state index contributed by atoms with van der Waals surface area (Å²) in [7, 11) is 1.88. The van der Waals surface area contributed by atoms with Crippen LogP contribution in [0.25, 0.3) is 0 Å². The van der Waals surface area contributed by atoms with E-state index < -0.39 is 0 Å². The summed E-state index contributed by atoms with van der Waals surface area (Å²) in [6.45, 7) is 5.66. The third-order valence-electron chi connectivity index (χ3n) is 2.73. The first-order valence-corrected chi connectivity index (χ1v) is 6.46. The summed E-state index contributed by atoms with van der Waals surface area (Å²) in [5.41, 5.74) is 2.02. The maximum atomic E-state index is 5.80. The fourth-order valence-corrected chi connectivity index (χ4v) is 1.65. The summed E-state index contributed by atoms with van der Waals surface area (Å²) in [6.07, 6.45) is 1.75.